The quantitative estimate of drug-likeness (QED) is 0.876. The van der Waals surface area contributed by atoms with Crippen LogP contribution in [0.2, 0.25) is 0 Å². The zero-order chi connectivity index (χ0) is 15.0. The second-order valence-electron chi connectivity index (χ2n) is 6.41. The summed E-state index contributed by atoms with van der Waals surface area (Å²) in [4.78, 5) is 16.3. The molecule has 114 valence electrons. The summed E-state index contributed by atoms with van der Waals surface area (Å²) < 4.78 is 0. The fourth-order valence-corrected chi connectivity index (χ4v) is 4.54. The number of thioether (sulfide) groups is 1. The van der Waals surface area contributed by atoms with Crippen molar-refractivity contribution in [1.29, 1.82) is 0 Å². The molecule has 5 heteroatoms. The molecule has 0 amide bonds. The molecule has 2 N–H and O–H groups in total. The van der Waals surface area contributed by atoms with Gasteiger partial charge in [-0.2, -0.15) is 0 Å². The van der Waals surface area contributed by atoms with E-state index in [2.05, 4.69) is 29.4 Å². The Balaban J connectivity index is 1.69. The zero-order valence-corrected chi connectivity index (χ0v) is 13.4. The first kappa shape index (κ1) is 14.9. The number of pyridine rings is 1. The van der Waals surface area contributed by atoms with E-state index < -0.39 is 11.5 Å². The van der Waals surface area contributed by atoms with Crippen LogP contribution in [0, 0.1) is 13.8 Å². The van der Waals surface area contributed by atoms with E-state index in [0.29, 0.717) is 17.7 Å². The lowest BCUT2D eigenvalue weighted by atomic mass is 9.98. The Morgan fingerprint density at radius 3 is 2.76 bits per heavy atom. The van der Waals surface area contributed by atoms with Crippen molar-refractivity contribution in [3.05, 3.63) is 23.4 Å². The fraction of sp³-hybridized carbons (Fsp3) is 0.625. The second-order valence-corrected chi connectivity index (χ2v) is 7.73. The van der Waals surface area contributed by atoms with Crippen LogP contribution in [0.5, 0.6) is 0 Å². The topological polar surface area (TPSA) is 62.2 Å². The van der Waals surface area contributed by atoms with Gasteiger partial charge in [-0.15, -0.1) is 11.8 Å². The highest BCUT2D eigenvalue weighted by Gasteiger charge is 2.48. The molecule has 3 rings (SSSR count). The number of nitrogens with one attached hydrogen (secondary N) is 1. The van der Waals surface area contributed by atoms with Crippen molar-refractivity contribution in [2.45, 2.75) is 67.8 Å². The number of aromatic nitrogens is 1. The summed E-state index contributed by atoms with van der Waals surface area (Å²) in [6.07, 6.45) is 4.59. The molecular weight excluding hydrogens is 284 g/mol. The number of nitrogens with zero attached hydrogens (tertiary/aromatic N) is 1. The van der Waals surface area contributed by atoms with Gasteiger partial charge in [0.1, 0.15) is 5.54 Å². The molecule has 2 aliphatic rings. The van der Waals surface area contributed by atoms with Gasteiger partial charge < -0.3 is 5.11 Å². The summed E-state index contributed by atoms with van der Waals surface area (Å²) in [5.74, 6) is -0.689. The number of aryl methyl sites for hydroxylation is 2. The SMILES string of the molecule is Cc1cc(C)nc(SC2CCC(NC3CC3)(C(=O)O)C2)c1. The average molecular weight is 306 g/mol. The highest BCUT2D eigenvalue weighted by molar-refractivity contribution is 7.99. The van der Waals surface area contributed by atoms with Gasteiger partial charge in [0, 0.05) is 17.0 Å². The minimum atomic E-state index is -0.711. The zero-order valence-electron chi connectivity index (χ0n) is 12.6. The third-order valence-corrected chi connectivity index (χ3v) is 5.48. The van der Waals surface area contributed by atoms with Crippen LogP contribution in [0.4, 0.5) is 0 Å². The van der Waals surface area contributed by atoms with Gasteiger partial charge in [-0.3, -0.25) is 10.1 Å². The Morgan fingerprint density at radius 2 is 2.14 bits per heavy atom. The van der Waals surface area contributed by atoms with Gasteiger partial charge in [-0.05, 0) is 63.6 Å². The second kappa shape index (κ2) is 5.61. The first-order valence-electron chi connectivity index (χ1n) is 7.60. The number of hydrogen-bond acceptors (Lipinski definition) is 4. The van der Waals surface area contributed by atoms with E-state index in [0.717, 1.165) is 36.4 Å². The van der Waals surface area contributed by atoms with Crippen molar-refractivity contribution in [2.24, 2.45) is 0 Å². The Labute approximate surface area is 129 Å². The predicted molar refractivity (Wildman–Crippen MR) is 83.7 cm³/mol. The summed E-state index contributed by atoms with van der Waals surface area (Å²) in [7, 11) is 0. The molecule has 1 aromatic heterocycles. The standard InChI is InChI=1S/C16H22N2O2S/c1-10-7-11(2)17-14(8-10)21-13-5-6-16(9-13,15(19)20)18-12-3-4-12/h7-8,12-13,18H,3-6,9H2,1-2H3,(H,19,20). The number of carboxylic acid groups (broad SMARTS) is 1. The molecule has 2 atom stereocenters. The monoisotopic (exact) mass is 306 g/mol. The van der Waals surface area contributed by atoms with Crippen LogP contribution in [-0.2, 0) is 4.79 Å². The number of rotatable bonds is 5. The molecule has 0 spiro atoms. The van der Waals surface area contributed by atoms with Crippen LogP contribution in [0.25, 0.3) is 0 Å². The van der Waals surface area contributed by atoms with E-state index in [1.165, 1.54) is 5.56 Å². The minimum Gasteiger partial charge on any atom is -0.480 e. The van der Waals surface area contributed by atoms with Gasteiger partial charge in [0.15, 0.2) is 0 Å². The molecule has 2 unspecified atom stereocenters. The van der Waals surface area contributed by atoms with Gasteiger partial charge in [-0.1, -0.05) is 0 Å². The molecule has 1 heterocycles. The molecule has 0 aliphatic heterocycles. The Kier molecular flexibility index (Phi) is 3.97. The largest absolute Gasteiger partial charge is 0.480 e. The van der Waals surface area contributed by atoms with E-state index >= 15 is 0 Å². The molecule has 2 saturated carbocycles. The summed E-state index contributed by atoms with van der Waals surface area (Å²) in [5, 5.41) is 14.3. The molecule has 2 aliphatic carbocycles. The molecule has 21 heavy (non-hydrogen) atoms. The molecular formula is C16H22N2O2S. The first-order valence-corrected chi connectivity index (χ1v) is 8.48. The van der Waals surface area contributed by atoms with Crippen LogP contribution in [0.15, 0.2) is 17.2 Å². The Hall–Kier alpha value is -1.07. The lowest BCUT2D eigenvalue weighted by molar-refractivity contribution is -0.144. The lowest BCUT2D eigenvalue weighted by Crippen LogP contribution is -2.51. The third kappa shape index (κ3) is 3.40. The van der Waals surface area contributed by atoms with E-state index in [1.54, 1.807) is 11.8 Å². The molecule has 0 bridgehead atoms. The molecule has 0 saturated heterocycles. The number of carbonyl (C=O) groups is 1. The maximum absolute atomic E-state index is 11.7. The van der Waals surface area contributed by atoms with E-state index in [-0.39, 0.29) is 0 Å². The summed E-state index contributed by atoms with van der Waals surface area (Å²) in [6.45, 7) is 4.07. The molecule has 0 aromatic carbocycles. The van der Waals surface area contributed by atoms with Gasteiger partial charge >= 0.3 is 5.97 Å². The fourth-order valence-electron chi connectivity index (χ4n) is 3.14. The Morgan fingerprint density at radius 1 is 1.38 bits per heavy atom. The highest BCUT2D eigenvalue weighted by atomic mass is 32.2. The van der Waals surface area contributed by atoms with Crippen molar-refractivity contribution >= 4 is 17.7 Å². The van der Waals surface area contributed by atoms with E-state index in [9.17, 15) is 9.90 Å². The average Bonchev–Trinajstić information content (AvgIpc) is 3.08. The van der Waals surface area contributed by atoms with Gasteiger partial charge in [0.2, 0.25) is 0 Å². The van der Waals surface area contributed by atoms with Crippen LogP contribution < -0.4 is 5.32 Å². The normalized spacial score (nSPS) is 28.8. The van der Waals surface area contributed by atoms with E-state index in [1.807, 2.05) is 6.92 Å². The maximum Gasteiger partial charge on any atom is 0.323 e. The summed E-state index contributed by atoms with van der Waals surface area (Å²) in [6, 6.07) is 4.57. The number of carboxylic acids is 1. The summed E-state index contributed by atoms with van der Waals surface area (Å²) >= 11 is 1.73. The van der Waals surface area contributed by atoms with Crippen LogP contribution in [-0.4, -0.2) is 32.9 Å². The predicted octanol–water partition coefficient (Wildman–Crippen LogP) is 2.92. The van der Waals surface area contributed by atoms with Gasteiger partial charge in [-0.25, -0.2) is 4.98 Å². The molecule has 2 fully saturated rings. The van der Waals surface area contributed by atoms with Crippen molar-refractivity contribution in [3.63, 3.8) is 0 Å². The minimum absolute atomic E-state index is 0.334. The van der Waals surface area contributed by atoms with Gasteiger partial charge in [0.05, 0.1) is 5.03 Å². The van der Waals surface area contributed by atoms with Crippen molar-refractivity contribution < 1.29 is 9.90 Å². The van der Waals surface area contributed by atoms with Crippen molar-refractivity contribution in [2.75, 3.05) is 0 Å². The Bertz CT molecular complexity index is 539. The van der Waals surface area contributed by atoms with Crippen molar-refractivity contribution in [1.82, 2.24) is 10.3 Å². The van der Waals surface area contributed by atoms with Gasteiger partial charge in [0.25, 0.3) is 0 Å². The third-order valence-electron chi connectivity index (χ3n) is 4.30. The molecule has 0 radical (unpaired) electrons. The van der Waals surface area contributed by atoms with Crippen LogP contribution in [0.1, 0.15) is 43.4 Å². The first-order chi connectivity index (χ1) is 9.97. The highest BCUT2D eigenvalue weighted by Crippen LogP contribution is 2.41. The van der Waals surface area contributed by atoms with Crippen LogP contribution in [0.3, 0.4) is 0 Å². The van der Waals surface area contributed by atoms with Crippen molar-refractivity contribution in [3.8, 4) is 0 Å². The molecule has 1 aromatic rings. The molecule has 4 nitrogen and oxygen atoms in total. The lowest BCUT2D eigenvalue weighted by Gasteiger charge is -2.26. The number of aliphatic carboxylic acids is 1. The van der Waals surface area contributed by atoms with Crippen LogP contribution >= 0.6 is 11.8 Å². The van der Waals surface area contributed by atoms with E-state index in [4.69, 9.17) is 0 Å². The smallest absolute Gasteiger partial charge is 0.323 e. The number of hydrogen-bond donors (Lipinski definition) is 2. The summed E-state index contributed by atoms with van der Waals surface area (Å²) in [5.41, 5.74) is 1.53. The maximum atomic E-state index is 11.7.